The lowest BCUT2D eigenvalue weighted by atomic mass is 10.0. The van der Waals surface area contributed by atoms with Crippen molar-refractivity contribution in [1.82, 2.24) is 9.88 Å². The molecular weight excluding hydrogens is 386 g/mol. The van der Waals surface area contributed by atoms with Crippen LogP contribution < -0.4 is 15.6 Å². The highest BCUT2D eigenvalue weighted by molar-refractivity contribution is 7.80. The van der Waals surface area contributed by atoms with E-state index in [4.69, 9.17) is 17.0 Å². The van der Waals surface area contributed by atoms with Crippen molar-refractivity contribution in [1.29, 1.82) is 0 Å². The number of rotatable bonds is 6. The Balaban J connectivity index is 1.90. The molecular formula is C22H25N3O3S. The maximum Gasteiger partial charge on any atom is 0.253 e. The van der Waals surface area contributed by atoms with Gasteiger partial charge in [-0.05, 0) is 55.4 Å². The van der Waals surface area contributed by atoms with E-state index < -0.39 is 0 Å². The van der Waals surface area contributed by atoms with E-state index in [-0.39, 0.29) is 18.7 Å². The molecule has 0 atom stereocenters. The fraction of sp³-hybridized carbons (Fsp3) is 0.273. The second-order valence-corrected chi connectivity index (χ2v) is 7.27. The summed E-state index contributed by atoms with van der Waals surface area (Å²) in [5.41, 5.74) is 4.11. The topological polar surface area (TPSA) is 77.6 Å². The molecule has 2 aromatic carbocycles. The molecule has 1 aromatic heterocycles. The number of thiocarbonyl (C=S) groups is 1. The highest BCUT2D eigenvalue weighted by atomic mass is 32.1. The van der Waals surface area contributed by atoms with Gasteiger partial charge < -0.3 is 25.0 Å². The molecule has 0 amide bonds. The van der Waals surface area contributed by atoms with Crippen molar-refractivity contribution in [2.45, 2.75) is 20.4 Å². The Morgan fingerprint density at radius 2 is 1.93 bits per heavy atom. The molecule has 3 N–H and O–H groups in total. The highest BCUT2D eigenvalue weighted by Crippen LogP contribution is 2.24. The quantitative estimate of drug-likeness (QED) is 0.540. The third kappa shape index (κ3) is 4.58. The Morgan fingerprint density at radius 1 is 1.21 bits per heavy atom. The van der Waals surface area contributed by atoms with Crippen LogP contribution in [-0.2, 0) is 6.54 Å². The number of anilines is 1. The summed E-state index contributed by atoms with van der Waals surface area (Å²) in [6.07, 6.45) is 0. The minimum Gasteiger partial charge on any atom is -0.495 e. The van der Waals surface area contributed by atoms with Crippen LogP contribution in [0.1, 0.15) is 16.7 Å². The van der Waals surface area contributed by atoms with Gasteiger partial charge >= 0.3 is 0 Å². The zero-order chi connectivity index (χ0) is 21.0. The largest absolute Gasteiger partial charge is 0.495 e. The number of aliphatic hydroxyl groups excluding tert-OH is 1. The van der Waals surface area contributed by atoms with E-state index in [2.05, 4.69) is 10.3 Å². The van der Waals surface area contributed by atoms with Gasteiger partial charge in [0.05, 0.1) is 31.5 Å². The zero-order valence-corrected chi connectivity index (χ0v) is 17.6. The number of H-pyrrole nitrogens is 1. The summed E-state index contributed by atoms with van der Waals surface area (Å²) in [5.74, 6) is 0.661. The summed E-state index contributed by atoms with van der Waals surface area (Å²) in [7, 11) is 1.59. The van der Waals surface area contributed by atoms with Gasteiger partial charge in [-0.2, -0.15) is 0 Å². The standard InChI is InChI=1S/C22H25N3O3S/c1-14-8-9-15(2)20-17(14)12-16(21(27)24-20)13-25(10-11-26)22(29)23-18-6-4-5-7-19(18)28-3/h4-9,12,26H,10-11,13H2,1-3H3,(H,23,29)(H,24,27). The SMILES string of the molecule is COc1ccccc1NC(=S)N(CCO)Cc1cc2c(C)ccc(C)c2[nH]c1=O. The molecule has 0 aliphatic heterocycles. The summed E-state index contributed by atoms with van der Waals surface area (Å²) in [5, 5.41) is 14.1. The maximum atomic E-state index is 12.7. The molecule has 0 radical (unpaired) electrons. The molecule has 3 rings (SSSR count). The van der Waals surface area contributed by atoms with Gasteiger partial charge in [-0.15, -0.1) is 0 Å². The number of benzene rings is 2. The molecule has 3 aromatic rings. The van der Waals surface area contributed by atoms with E-state index in [1.54, 1.807) is 12.0 Å². The molecule has 0 fully saturated rings. The van der Waals surface area contributed by atoms with Gasteiger partial charge in [0.1, 0.15) is 5.75 Å². The van der Waals surface area contributed by atoms with Crippen LogP contribution in [0.2, 0.25) is 0 Å². The normalized spacial score (nSPS) is 10.8. The number of hydrogen-bond acceptors (Lipinski definition) is 4. The van der Waals surface area contributed by atoms with Crippen LogP contribution in [0.25, 0.3) is 10.9 Å². The zero-order valence-electron chi connectivity index (χ0n) is 16.8. The van der Waals surface area contributed by atoms with Crippen molar-refractivity contribution in [3.05, 3.63) is 69.5 Å². The van der Waals surface area contributed by atoms with Crippen molar-refractivity contribution in [3.8, 4) is 5.75 Å². The number of nitrogens with one attached hydrogen (secondary N) is 2. The minimum absolute atomic E-state index is 0.0859. The van der Waals surface area contributed by atoms with Gasteiger partial charge in [0, 0.05) is 17.5 Å². The molecule has 0 unspecified atom stereocenters. The fourth-order valence-corrected chi connectivity index (χ4v) is 3.52. The molecule has 1 heterocycles. The first-order chi connectivity index (χ1) is 13.9. The number of fused-ring (bicyclic) bond motifs is 1. The van der Waals surface area contributed by atoms with E-state index in [1.165, 1.54) is 0 Å². The van der Waals surface area contributed by atoms with E-state index in [0.29, 0.717) is 23.0 Å². The second kappa shape index (κ2) is 9.07. The lowest BCUT2D eigenvalue weighted by molar-refractivity contribution is 0.248. The lowest BCUT2D eigenvalue weighted by Crippen LogP contribution is -2.38. The van der Waals surface area contributed by atoms with E-state index in [0.717, 1.165) is 27.7 Å². The Labute approximate surface area is 175 Å². The van der Waals surface area contributed by atoms with Crippen LogP contribution in [0, 0.1) is 13.8 Å². The molecule has 7 heteroatoms. The number of methoxy groups -OCH3 is 1. The van der Waals surface area contributed by atoms with Crippen LogP contribution in [0.4, 0.5) is 5.69 Å². The number of ether oxygens (including phenoxy) is 1. The van der Waals surface area contributed by atoms with Gasteiger partial charge in [-0.3, -0.25) is 4.79 Å². The average Bonchev–Trinajstić information content (AvgIpc) is 2.71. The van der Waals surface area contributed by atoms with Crippen LogP contribution >= 0.6 is 12.2 Å². The van der Waals surface area contributed by atoms with Gasteiger partial charge in [0.2, 0.25) is 0 Å². The highest BCUT2D eigenvalue weighted by Gasteiger charge is 2.15. The predicted molar refractivity (Wildman–Crippen MR) is 121 cm³/mol. The number of hydrogen-bond donors (Lipinski definition) is 3. The van der Waals surface area contributed by atoms with Crippen LogP contribution in [0.3, 0.4) is 0 Å². The van der Waals surface area contributed by atoms with E-state index in [1.807, 2.05) is 56.3 Å². The van der Waals surface area contributed by atoms with E-state index >= 15 is 0 Å². The second-order valence-electron chi connectivity index (χ2n) is 6.89. The molecule has 0 aliphatic carbocycles. The van der Waals surface area contributed by atoms with Crippen molar-refractivity contribution in [3.63, 3.8) is 0 Å². The average molecular weight is 412 g/mol. The number of nitrogens with zero attached hydrogens (tertiary/aromatic N) is 1. The van der Waals surface area contributed by atoms with Crippen LogP contribution in [0.15, 0.2) is 47.3 Å². The van der Waals surface area contributed by atoms with Crippen molar-refractivity contribution in [2.75, 3.05) is 25.6 Å². The Kier molecular flexibility index (Phi) is 6.51. The van der Waals surface area contributed by atoms with Crippen LogP contribution in [0.5, 0.6) is 5.75 Å². The van der Waals surface area contributed by atoms with Gasteiger partial charge in [0.25, 0.3) is 5.56 Å². The molecule has 6 nitrogen and oxygen atoms in total. The van der Waals surface area contributed by atoms with Gasteiger partial charge in [-0.1, -0.05) is 24.3 Å². The molecule has 0 aliphatic rings. The molecule has 0 saturated carbocycles. The van der Waals surface area contributed by atoms with Gasteiger partial charge in [-0.25, -0.2) is 0 Å². The summed E-state index contributed by atoms with van der Waals surface area (Å²) in [6.45, 7) is 4.48. The monoisotopic (exact) mass is 411 g/mol. The first-order valence-electron chi connectivity index (χ1n) is 9.36. The smallest absolute Gasteiger partial charge is 0.253 e. The fourth-order valence-electron chi connectivity index (χ4n) is 3.26. The van der Waals surface area contributed by atoms with Crippen molar-refractivity contribution < 1.29 is 9.84 Å². The predicted octanol–water partition coefficient (Wildman–Crippen LogP) is 3.34. The third-order valence-corrected chi connectivity index (χ3v) is 5.25. The summed E-state index contributed by atoms with van der Waals surface area (Å²) in [6, 6.07) is 13.4. The molecule has 152 valence electrons. The Morgan fingerprint density at radius 3 is 2.66 bits per heavy atom. The molecule has 0 spiro atoms. The summed E-state index contributed by atoms with van der Waals surface area (Å²) in [4.78, 5) is 17.4. The first kappa shape index (κ1) is 20.8. The number of pyridine rings is 1. The minimum atomic E-state index is -0.158. The van der Waals surface area contributed by atoms with Crippen LogP contribution in [-0.4, -0.2) is 40.4 Å². The summed E-state index contributed by atoms with van der Waals surface area (Å²) >= 11 is 5.55. The Hall–Kier alpha value is -2.90. The summed E-state index contributed by atoms with van der Waals surface area (Å²) < 4.78 is 5.35. The third-order valence-electron chi connectivity index (χ3n) is 4.89. The number of aliphatic hydroxyl groups is 1. The molecule has 0 saturated heterocycles. The number of aryl methyl sites for hydroxylation is 2. The maximum absolute atomic E-state index is 12.7. The number of aromatic amines is 1. The van der Waals surface area contributed by atoms with Crippen molar-refractivity contribution >= 4 is 33.9 Å². The van der Waals surface area contributed by atoms with Gasteiger partial charge in [0.15, 0.2) is 5.11 Å². The number of aromatic nitrogens is 1. The molecule has 29 heavy (non-hydrogen) atoms. The Bertz CT molecular complexity index is 1090. The number of para-hydroxylation sites is 2. The lowest BCUT2D eigenvalue weighted by Gasteiger charge is -2.25. The molecule has 0 bridgehead atoms. The first-order valence-corrected chi connectivity index (χ1v) is 9.77. The van der Waals surface area contributed by atoms with E-state index in [9.17, 15) is 9.90 Å². The van der Waals surface area contributed by atoms with Crippen molar-refractivity contribution in [2.24, 2.45) is 0 Å².